The van der Waals surface area contributed by atoms with Gasteiger partial charge in [0.15, 0.2) is 11.6 Å². The number of fused-ring (bicyclic) bond motifs is 5. The van der Waals surface area contributed by atoms with Gasteiger partial charge in [0.1, 0.15) is 11.9 Å². The Labute approximate surface area is 480 Å². The van der Waals surface area contributed by atoms with Crippen molar-refractivity contribution >= 4 is 61.7 Å². The molecule has 5 amide bonds. The molecule has 5 aliphatic heterocycles. The van der Waals surface area contributed by atoms with Crippen LogP contribution in [0.25, 0.3) is 0 Å². The van der Waals surface area contributed by atoms with E-state index in [-0.39, 0.29) is 140 Å². The van der Waals surface area contributed by atoms with Crippen molar-refractivity contribution in [1.82, 2.24) is 32.8 Å². The fraction of sp³-hybridized carbons (Fsp3) is 0.679. The van der Waals surface area contributed by atoms with Crippen LogP contribution in [0.5, 0.6) is 0 Å². The first-order valence-corrected chi connectivity index (χ1v) is 29.6. The van der Waals surface area contributed by atoms with Crippen molar-refractivity contribution in [2.45, 2.75) is 154 Å². The zero-order valence-corrected chi connectivity index (χ0v) is 49.7. The van der Waals surface area contributed by atoms with Gasteiger partial charge in [-0.2, -0.15) is 25.4 Å². The summed E-state index contributed by atoms with van der Waals surface area (Å²) in [6.45, 7) is 4.08. The molecule has 0 aromatic heterocycles. The van der Waals surface area contributed by atoms with E-state index in [9.17, 15) is 59.9 Å². The summed E-state index contributed by atoms with van der Waals surface area (Å²) in [5.74, 6) is -4.00. The molecule has 8 rings (SSSR count). The predicted octanol–water partition coefficient (Wildman–Crippen LogP) is 1.11. The average molecular weight is 1140 g/mol. The molecular formula is C53H77FN7NaO14S2. The third kappa shape index (κ3) is 14.9. The number of benzene rings is 1. The number of Topliss-reactive ketones (excluding diaryl/α,β-unsaturated/α-hetero) is 2. The second kappa shape index (κ2) is 26.6. The summed E-state index contributed by atoms with van der Waals surface area (Å²) >= 11 is 0. The van der Waals surface area contributed by atoms with Gasteiger partial charge in [0, 0.05) is 84.4 Å². The first-order chi connectivity index (χ1) is 35.8. The normalized spacial score (nSPS) is 31.5. The quantitative estimate of drug-likeness (QED) is 0.255. The summed E-state index contributed by atoms with van der Waals surface area (Å²) in [7, 11) is -2.81. The van der Waals surface area contributed by atoms with Gasteiger partial charge >= 0.3 is 56.1 Å². The third-order valence-corrected chi connectivity index (χ3v) is 19.3. The van der Waals surface area contributed by atoms with Crippen LogP contribution >= 0.6 is 0 Å². The number of nitrogens with zero attached hydrogens (tertiary/aromatic N) is 5. The van der Waals surface area contributed by atoms with Crippen LogP contribution in [0.2, 0.25) is 0 Å². The van der Waals surface area contributed by atoms with Crippen molar-refractivity contribution in [3.05, 3.63) is 59.4 Å². The van der Waals surface area contributed by atoms with Gasteiger partial charge in [-0.05, 0) is 74.8 Å². The maximum absolute atomic E-state index is 14.3. The first-order valence-electron chi connectivity index (χ1n) is 26.7. The van der Waals surface area contributed by atoms with E-state index < -0.39 is 73.4 Å². The van der Waals surface area contributed by atoms with Gasteiger partial charge in [-0.3, -0.25) is 33.7 Å². The fourth-order valence-electron chi connectivity index (χ4n) is 11.4. The summed E-state index contributed by atoms with van der Waals surface area (Å²) in [6.07, 6.45) is 14.6. The zero-order chi connectivity index (χ0) is 55.5. The Kier molecular flexibility index (Phi) is 22.1. The van der Waals surface area contributed by atoms with Gasteiger partial charge in [-0.1, -0.05) is 76.0 Å². The molecule has 5 heterocycles. The Morgan fingerprint density at radius 1 is 0.705 bits per heavy atom. The van der Waals surface area contributed by atoms with Crippen LogP contribution in [0.1, 0.15) is 128 Å². The number of aliphatic hydroxyl groups excluding tert-OH is 1. The second-order valence-corrected chi connectivity index (χ2v) is 26.2. The number of allylic oxidation sites excluding steroid dienone is 4. The van der Waals surface area contributed by atoms with Crippen molar-refractivity contribution in [3.8, 4) is 0 Å². The molecule has 10 atom stereocenters. The van der Waals surface area contributed by atoms with Crippen LogP contribution in [-0.4, -0.2) is 158 Å². The van der Waals surface area contributed by atoms with E-state index in [1.54, 1.807) is 12.1 Å². The standard InChI is InChI=1S/C31H41FN4O7S.C22H35N3O6S.Na.H2O/c1-20-10-7-5-4-6-8-12-22-15-31(22,29(39)33-44(41,42)34(2)3)16-27(37)26-14-23(18-36(26)28(20)38)43-30(40)35-17-21-11-9-13-25(32)24(21)19-35;1-15-9-7-5-4-6-8-10-16-12-22(16,21(29)23-32(30,31)24(2)3)13-19(27)18-11-17(26)14-25(18)20(15)28;;/h8-9,11-13,20,22-23,26H,4-7,10,14-19H2,1-3H3,(H,33,39);8,10,15-18,26H,4-7,9,11-14H2,1-3H3,(H,23,29);;1H2/q;;+1;/p-1/b12-8-;10-8-;;/t20-,22+,23+,26-,31+;15-,16+,17+,18-,22+;;/m00../s1. The van der Waals surface area contributed by atoms with Crippen molar-refractivity contribution in [3.63, 3.8) is 0 Å². The molecule has 21 nitrogen and oxygen atoms in total. The van der Waals surface area contributed by atoms with E-state index in [1.807, 2.05) is 38.2 Å². The summed E-state index contributed by atoms with van der Waals surface area (Å²) in [5.41, 5.74) is -1.26. The molecule has 2 aliphatic carbocycles. The van der Waals surface area contributed by atoms with E-state index in [0.717, 1.165) is 66.4 Å². The van der Waals surface area contributed by atoms with E-state index >= 15 is 0 Å². The van der Waals surface area contributed by atoms with Crippen LogP contribution in [0.15, 0.2) is 42.5 Å². The summed E-state index contributed by atoms with van der Waals surface area (Å²) in [5, 5.41) is 10.2. The smallest absolute Gasteiger partial charge is 0.870 e. The van der Waals surface area contributed by atoms with E-state index in [2.05, 4.69) is 9.44 Å². The summed E-state index contributed by atoms with van der Waals surface area (Å²) < 4.78 is 75.5. The molecule has 0 unspecified atom stereocenters. The molecule has 4 fully saturated rings. The molecule has 0 bridgehead atoms. The molecule has 0 radical (unpaired) electrons. The largest absolute Gasteiger partial charge is 1.00 e. The number of ether oxygens (including phenoxy) is 1. The molecule has 7 aliphatic rings. The number of hydrogen-bond acceptors (Lipinski definition) is 14. The second-order valence-electron chi connectivity index (χ2n) is 22.5. The number of amides is 5. The van der Waals surface area contributed by atoms with Gasteiger partial charge < -0.3 is 25.1 Å². The van der Waals surface area contributed by atoms with Gasteiger partial charge in [0.25, 0.3) is 0 Å². The molecule has 2 saturated carbocycles. The molecule has 1 aromatic carbocycles. The van der Waals surface area contributed by atoms with Crippen LogP contribution < -0.4 is 39.0 Å². The molecule has 0 spiro atoms. The number of nitrogens with one attached hydrogen (secondary N) is 2. The van der Waals surface area contributed by atoms with E-state index in [0.29, 0.717) is 30.4 Å². The zero-order valence-electron chi connectivity index (χ0n) is 46.0. The minimum absolute atomic E-state index is 0. The first kappa shape index (κ1) is 64.7. The predicted molar refractivity (Wildman–Crippen MR) is 279 cm³/mol. The number of aliphatic hydroxyl groups is 1. The Balaban J connectivity index is 0.000000294. The Morgan fingerprint density at radius 2 is 1.18 bits per heavy atom. The van der Waals surface area contributed by atoms with Crippen molar-refractivity contribution in [2.24, 2.45) is 34.5 Å². The molecule has 78 heavy (non-hydrogen) atoms. The van der Waals surface area contributed by atoms with E-state index in [1.165, 1.54) is 49.0 Å². The SMILES string of the molecule is C[C@H]1CCCCC/C=C\[C@@H]2C[C@@]2(C(=O)NS(=O)(=O)N(C)C)CC(=O)[C@@H]2C[C@@H](O)CN2C1=O.C[C@H]1CCCCC/C=C\[C@@H]2C[C@@]2(C(=O)NS(=O)(=O)N(C)C)CC(=O)[C@@H]2C[C@@H](OC(=O)N3Cc4cccc(F)c4C3)CN2C1=O.[Na+].[OH-]. The van der Waals surface area contributed by atoms with Crippen LogP contribution in [0.3, 0.4) is 0 Å². The Bertz CT molecular complexity index is 2710. The van der Waals surface area contributed by atoms with Crippen LogP contribution in [0.4, 0.5) is 9.18 Å². The van der Waals surface area contributed by atoms with Gasteiger partial charge in [0.2, 0.25) is 23.6 Å². The molecule has 4 N–H and O–H groups in total. The van der Waals surface area contributed by atoms with Crippen molar-refractivity contribution in [1.29, 1.82) is 0 Å². The van der Waals surface area contributed by atoms with Crippen molar-refractivity contribution in [2.75, 3.05) is 41.3 Å². The minimum Gasteiger partial charge on any atom is -0.870 e. The third-order valence-electron chi connectivity index (χ3n) is 16.5. The summed E-state index contributed by atoms with van der Waals surface area (Å²) in [6, 6.07) is 2.98. The topological polar surface area (TPSA) is 287 Å². The summed E-state index contributed by atoms with van der Waals surface area (Å²) in [4.78, 5) is 97.9. The van der Waals surface area contributed by atoms with Gasteiger partial charge in [-0.25, -0.2) is 18.6 Å². The number of carbonyl (C=O) groups is 7. The maximum atomic E-state index is 14.3. The van der Waals surface area contributed by atoms with Gasteiger partial charge in [-0.15, -0.1) is 0 Å². The average Bonchev–Trinajstić information content (AvgIpc) is 4.04. The van der Waals surface area contributed by atoms with Crippen LogP contribution in [-0.2, 0) is 67.0 Å². The monoisotopic (exact) mass is 1140 g/mol. The number of halogens is 1. The Hall–Kier alpha value is -4.14. The number of hydrogen-bond donors (Lipinski definition) is 3. The number of carbonyl (C=O) groups excluding carboxylic acids is 7. The molecule has 25 heteroatoms. The fourth-order valence-corrected chi connectivity index (χ4v) is 12.6. The molecule has 2 saturated heterocycles. The molecular weight excluding hydrogens is 1060 g/mol. The van der Waals surface area contributed by atoms with Crippen LogP contribution in [0, 0.1) is 40.3 Å². The maximum Gasteiger partial charge on any atom is 1.00 e. The van der Waals surface area contributed by atoms with Gasteiger partial charge in [0.05, 0.1) is 42.1 Å². The van der Waals surface area contributed by atoms with E-state index in [4.69, 9.17) is 4.74 Å². The number of rotatable bonds is 7. The molecule has 428 valence electrons. The molecule has 1 aromatic rings. The minimum atomic E-state index is -4.08. The number of ketones is 2. The Morgan fingerprint density at radius 3 is 1.65 bits per heavy atom. The van der Waals surface area contributed by atoms with Crippen molar-refractivity contribution < 1.29 is 99.7 Å².